The number of anilines is 1. The lowest BCUT2D eigenvalue weighted by Crippen LogP contribution is -2.39. The van der Waals surface area contributed by atoms with Gasteiger partial charge in [0.15, 0.2) is 5.84 Å². The average molecular weight is 310 g/mol. The predicted octanol–water partition coefficient (Wildman–Crippen LogP) is 3.35. The van der Waals surface area contributed by atoms with Crippen molar-refractivity contribution in [1.82, 2.24) is 5.32 Å². The van der Waals surface area contributed by atoms with Crippen LogP contribution in [0, 0.1) is 5.41 Å². The molecule has 1 heterocycles. The number of rotatable bonds is 3. The van der Waals surface area contributed by atoms with Crippen molar-refractivity contribution in [2.75, 3.05) is 12.0 Å². The Balaban J connectivity index is 1.85. The highest BCUT2D eigenvalue weighted by Crippen LogP contribution is 2.15. The Hall–Kier alpha value is -1.27. The van der Waals surface area contributed by atoms with Crippen molar-refractivity contribution >= 4 is 27.5 Å². The van der Waals surface area contributed by atoms with Gasteiger partial charge in [-0.3, -0.25) is 10.8 Å². The smallest absolute Gasteiger partial charge is 0.162 e. The van der Waals surface area contributed by atoms with Crippen molar-refractivity contribution in [2.45, 2.75) is 25.3 Å². The van der Waals surface area contributed by atoms with Gasteiger partial charge in [0.1, 0.15) is 0 Å². The minimum Gasteiger partial charge on any atom is -0.307 e. The Morgan fingerprint density at radius 3 is 3.06 bits per heavy atom. The molecule has 0 radical (unpaired) electrons. The molecule has 0 aliphatic carbocycles. The van der Waals surface area contributed by atoms with Gasteiger partial charge in [0, 0.05) is 4.47 Å². The molecular weight excluding hydrogens is 294 g/mol. The molecule has 1 fully saturated rings. The van der Waals surface area contributed by atoms with Gasteiger partial charge in [0.25, 0.3) is 0 Å². The lowest BCUT2D eigenvalue weighted by molar-refractivity contribution is 0.468. The maximum absolute atomic E-state index is 7.82. The SMILES string of the molecule is N=C(/N=N\Nc1cccc(Br)c1)C1CCCCN1. The van der Waals surface area contributed by atoms with Crippen molar-refractivity contribution < 1.29 is 0 Å². The molecule has 1 aromatic rings. The molecule has 3 N–H and O–H groups in total. The van der Waals surface area contributed by atoms with Crippen LogP contribution in [0.5, 0.6) is 0 Å². The highest BCUT2D eigenvalue weighted by Gasteiger charge is 2.16. The lowest BCUT2D eigenvalue weighted by Gasteiger charge is -2.21. The minimum atomic E-state index is 0.0480. The average Bonchev–Trinajstić information content (AvgIpc) is 2.40. The molecule has 1 aliphatic heterocycles. The van der Waals surface area contributed by atoms with E-state index in [-0.39, 0.29) is 11.9 Å². The zero-order valence-electron chi connectivity index (χ0n) is 9.99. The van der Waals surface area contributed by atoms with E-state index < -0.39 is 0 Å². The van der Waals surface area contributed by atoms with Crippen molar-refractivity contribution in [3.05, 3.63) is 28.7 Å². The molecule has 96 valence electrons. The summed E-state index contributed by atoms with van der Waals surface area (Å²) in [7, 11) is 0. The third-order valence-corrected chi connectivity index (χ3v) is 3.30. The van der Waals surface area contributed by atoms with Gasteiger partial charge in [0.2, 0.25) is 0 Å². The molecule has 1 atom stereocenters. The summed E-state index contributed by atoms with van der Waals surface area (Å²) in [6.07, 6.45) is 3.29. The van der Waals surface area contributed by atoms with E-state index in [1.165, 1.54) is 6.42 Å². The zero-order valence-corrected chi connectivity index (χ0v) is 11.6. The number of hydrogen-bond acceptors (Lipinski definition) is 3. The minimum absolute atomic E-state index is 0.0480. The molecular formula is C12H16BrN5. The molecule has 6 heteroatoms. The Bertz CT molecular complexity index is 440. The quantitative estimate of drug-likeness (QED) is 0.347. The van der Waals surface area contributed by atoms with E-state index in [0.717, 1.165) is 29.5 Å². The lowest BCUT2D eigenvalue weighted by atomic mass is 10.0. The second-order valence-corrected chi connectivity index (χ2v) is 5.13. The Morgan fingerprint density at radius 2 is 2.33 bits per heavy atom. The molecule has 0 aromatic heterocycles. The number of nitrogens with one attached hydrogen (secondary N) is 3. The fraction of sp³-hybridized carbons (Fsp3) is 0.417. The normalized spacial score (nSPS) is 19.9. The molecule has 0 saturated carbocycles. The maximum Gasteiger partial charge on any atom is 0.162 e. The van der Waals surface area contributed by atoms with Gasteiger partial charge in [-0.15, -0.1) is 5.11 Å². The molecule has 18 heavy (non-hydrogen) atoms. The molecule has 1 aromatic carbocycles. The van der Waals surface area contributed by atoms with E-state index in [4.69, 9.17) is 5.41 Å². The molecule has 0 amide bonds. The monoisotopic (exact) mass is 309 g/mol. The van der Waals surface area contributed by atoms with Gasteiger partial charge in [-0.1, -0.05) is 33.6 Å². The fourth-order valence-corrected chi connectivity index (χ4v) is 2.25. The second-order valence-electron chi connectivity index (χ2n) is 4.21. The third kappa shape index (κ3) is 3.89. The molecule has 0 spiro atoms. The van der Waals surface area contributed by atoms with Crippen molar-refractivity contribution in [3.63, 3.8) is 0 Å². The number of nitrogens with zero attached hydrogens (tertiary/aromatic N) is 2. The largest absolute Gasteiger partial charge is 0.307 e. The predicted molar refractivity (Wildman–Crippen MR) is 76.0 cm³/mol. The maximum atomic E-state index is 7.82. The van der Waals surface area contributed by atoms with E-state index in [2.05, 4.69) is 37.0 Å². The summed E-state index contributed by atoms with van der Waals surface area (Å²) in [4.78, 5) is 0. The van der Waals surface area contributed by atoms with E-state index in [1.54, 1.807) is 0 Å². The number of piperidine rings is 1. The van der Waals surface area contributed by atoms with Crippen molar-refractivity contribution in [3.8, 4) is 0 Å². The summed E-state index contributed by atoms with van der Waals surface area (Å²) in [6, 6.07) is 7.70. The van der Waals surface area contributed by atoms with Gasteiger partial charge in [-0.05, 0) is 37.6 Å². The van der Waals surface area contributed by atoms with Crippen LogP contribution in [0.4, 0.5) is 5.69 Å². The van der Waals surface area contributed by atoms with Gasteiger partial charge in [0.05, 0.1) is 11.7 Å². The number of benzene rings is 1. The van der Waals surface area contributed by atoms with Gasteiger partial charge in [-0.2, -0.15) is 0 Å². The van der Waals surface area contributed by atoms with E-state index in [0.29, 0.717) is 0 Å². The highest BCUT2D eigenvalue weighted by molar-refractivity contribution is 9.10. The van der Waals surface area contributed by atoms with Crippen LogP contribution < -0.4 is 10.7 Å². The van der Waals surface area contributed by atoms with Gasteiger partial charge in [-0.25, -0.2) is 0 Å². The summed E-state index contributed by atoms with van der Waals surface area (Å²) < 4.78 is 0.978. The first-order valence-electron chi connectivity index (χ1n) is 6.00. The first-order chi connectivity index (χ1) is 8.75. The fourth-order valence-electron chi connectivity index (χ4n) is 1.85. The van der Waals surface area contributed by atoms with Crippen LogP contribution in [0.1, 0.15) is 19.3 Å². The van der Waals surface area contributed by atoms with E-state index in [1.807, 2.05) is 24.3 Å². The van der Waals surface area contributed by atoms with E-state index in [9.17, 15) is 0 Å². The van der Waals surface area contributed by atoms with Crippen LogP contribution in [0.3, 0.4) is 0 Å². The van der Waals surface area contributed by atoms with Crippen LogP contribution >= 0.6 is 15.9 Å². The topological polar surface area (TPSA) is 72.6 Å². The summed E-state index contributed by atoms with van der Waals surface area (Å²) >= 11 is 3.38. The van der Waals surface area contributed by atoms with Crippen LogP contribution in [-0.2, 0) is 0 Å². The molecule has 2 rings (SSSR count). The molecule has 1 aliphatic rings. The second kappa shape index (κ2) is 6.61. The van der Waals surface area contributed by atoms with Gasteiger partial charge < -0.3 is 5.32 Å². The molecule has 1 saturated heterocycles. The summed E-state index contributed by atoms with van der Waals surface area (Å²) in [5.41, 5.74) is 3.66. The van der Waals surface area contributed by atoms with Crippen LogP contribution in [-0.4, -0.2) is 18.4 Å². The highest BCUT2D eigenvalue weighted by atomic mass is 79.9. The van der Waals surface area contributed by atoms with Crippen molar-refractivity contribution in [1.29, 1.82) is 5.41 Å². The number of hydrogen-bond donors (Lipinski definition) is 3. The molecule has 1 unspecified atom stereocenters. The first-order valence-corrected chi connectivity index (χ1v) is 6.79. The number of halogens is 1. The summed E-state index contributed by atoms with van der Waals surface area (Å²) in [6.45, 7) is 0.960. The Morgan fingerprint density at radius 1 is 1.44 bits per heavy atom. The third-order valence-electron chi connectivity index (χ3n) is 2.80. The molecule has 0 bridgehead atoms. The van der Waals surface area contributed by atoms with Crippen molar-refractivity contribution in [2.24, 2.45) is 10.3 Å². The summed E-state index contributed by atoms with van der Waals surface area (Å²) in [5, 5.41) is 18.8. The standard InChI is InChI=1S/C12H16BrN5/c13-9-4-3-5-10(8-9)16-18-17-12(14)11-6-1-2-7-15-11/h3-5,8,11,15H,1-2,6-7H2,(H2,14,16,17). The first kappa shape index (κ1) is 13.2. The van der Waals surface area contributed by atoms with Crippen LogP contribution in [0.15, 0.2) is 39.1 Å². The van der Waals surface area contributed by atoms with Crippen LogP contribution in [0.25, 0.3) is 0 Å². The molecule has 5 nitrogen and oxygen atoms in total. The number of amidine groups is 1. The zero-order chi connectivity index (χ0) is 12.8. The van der Waals surface area contributed by atoms with Gasteiger partial charge >= 0.3 is 0 Å². The Kier molecular flexibility index (Phi) is 4.83. The summed E-state index contributed by atoms with van der Waals surface area (Å²) in [5.74, 6) is 0.289. The Labute approximate surface area is 115 Å². The van der Waals surface area contributed by atoms with Crippen LogP contribution in [0.2, 0.25) is 0 Å². The van der Waals surface area contributed by atoms with E-state index >= 15 is 0 Å².